The molecular weight excluding hydrogens is 402 g/mol. The number of rotatable bonds is 9. The smallest absolute Gasteiger partial charge is 0.161 e. The molecule has 1 aromatic carbocycles. The molecule has 1 fully saturated rings. The molecule has 0 atom stereocenters. The molecule has 1 saturated heterocycles. The second-order valence-electron chi connectivity index (χ2n) is 7.98. The molecule has 7 nitrogen and oxygen atoms in total. The molecule has 1 aliphatic rings. The molecule has 7 heteroatoms. The second kappa shape index (κ2) is 10.3. The van der Waals surface area contributed by atoms with Crippen molar-refractivity contribution in [1.82, 2.24) is 14.9 Å². The average Bonchev–Trinajstić information content (AvgIpc) is 2.78. The Kier molecular flexibility index (Phi) is 7.56. The van der Waals surface area contributed by atoms with Crippen LogP contribution in [0.5, 0.6) is 0 Å². The number of aliphatic imine (C=N–C) groups is 1. The molecule has 0 radical (unpaired) electrons. The molecule has 32 heavy (non-hydrogen) atoms. The van der Waals surface area contributed by atoms with E-state index in [2.05, 4.69) is 21.9 Å². The number of aliphatic hydroxyl groups is 1. The molecule has 1 aliphatic heterocycles. The van der Waals surface area contributed by atoms with Gasteiger partial charge in [-0.25, -0.2) is 9.97 Å². The number of nitrogens with zero attached hydrogens (tertiary/aromatic N) is 4. The minimum atomic E-state index is -0.547. The van der Waals surface area contributed by atoms with Crippen molar-refractivity contribution in [2.24, 2.45) is 4.99 Å². The SMILES string of the molecule is C=C/C(=C\N(C)C)c1cccc(-c2ncc(/C(C=NC)=C/C)c(NC3(CO)COC3)n2)c1. The summed E-state index contributed by atoms with van der Waals surface area (Å²) in [5.41, 5.74) is 4.09. The molecule has 2 heterocycles. The number of aliphatic hydroxyl groups excluding tert-OH is 1. The van der Waals surface area contributed by atoms with Crippen LogP contribution in [0.3, 0.4) is 0 Å². The molecule has 3 rings (SSSR count). The fraction of sp³-hybridized carbons (Fsp3) is 0.320. The number of hydrogen-bond donors (Lipinski definition) is 2. The van der Waals surface area contributed by atoms with E-state index >= 15 is 0 Å². The van der Waals surface area contributed by atoms with Gasteiger partial charge < -0.3 is 20.1 Å². The van der Waals surface area contributed by atoms with E-state index in [0.717, 1.165) is 27.8 Å². The van der Waals surface area contributed by atoms with Crippen LogP contribution in [-0.2, 0) is 4.74 Å². The van der Waals surface area contributed by atoms with Gasteiger partial charge in [-0.2, -0.15) is 0 Å². The topological polar surface area (TPSA) is 82.9 Å². The minimum absolute atomic E-state index is 0.0493. The first kappa shape index (κ1) is 23.4. The van der Waals surface area contributed by atoms with Gasteiger partial charge in [-0.1, -0.05) is 36.9 Å². The molecule has 0 amide bonds. The van der Waals surface area contributed by atoms with E-state index in [1.165, 1.54) is 0 Å². The standard InChI is InChI=1S/C25H31N5O2/c1-6-18(12-26-3)22-13-27-23(28-24(22)29-25(15-31)16-32-17-25)21-10-8-9-20(11-21)19(7-2)14-30(4)5/h6-14,31H,2,15-17H2,1,3-5H3,(H,27,28,29)/b18-6+,19-14+,26-12?. The summed E-state index contributed by atoms with van der Waals surface area (Å²) in [4.78, 5) is 15.6. The summed E-state index contributed by atoms with van der Waals surface area (Å²) in [7, 11) is 5.68. The van der Waals surface area contributed by atoms with Crippen molar-refractivity contribution in [3.8, 4) is 11.4 Å². The third kappa shape index (κ3) is 5.12. The molecule has 2 aromatic rings. The number of anilines is 1. The van der Waals surface area contributed by atoms with E-state index in [1.807, 2.05) is 68.5 Å². The lowest BCUT2D eigenvalue weighted by atomic mass is 9.97. The highest BCUT2D eigenvalue weighted by Gasteiger charge is 2.39. The molecule has 2 N–H and O–H groups in total. The van der Waals surface area contributed by atoms with E-state index in [-0.39, 0.29) is 6.61 Å². The van der Waals surface area contributed by atoms with Gasteiger partial charge in [0.15, 0.2) is 5.82 Å². The third-order valence-electron chi connectivity index (χ3n) is 5.19. The zero-order chi connectivity index (χ0) is 23.1. The number of benzene rings is 1. The number of aromatic nitrogens is 2. The summed E-state index contributed by atoms with van der Waals surface area (Å²) < 4.78 is 5.35. The number of hydrogen-bond acceptors (Lipinski definition) is 7. The van der Waals surface area contributed by atoms with Crippen LogP contribution in [0.15, 0.2) is 60.4 Å². The van der Waals surface area contributed by atoms with Crippen molar-refractivity contribution in [2.45, 2.75) is 12.5 Å². The Bertz CT molecular complexity index is 1050. The first-order valence-electron chi connectivity index (χ1n) is 10.5. The summed E-state index contributed by atoms with van der Waals surface area (Å²) >= 11 is 0. The van der Waals surface area contributed by atoms with E-state index < -0.39 is 5.54 Å². The lowest BCUT2D eigenvalue weighted by Crippen LogP contribution is -2.58. The number of ether oxygens (including phenoxy) is 1. The minimum Gasteiger partial charge on any atom is -0.394 e. The lowest BCUT2D eigenvalue weighted by Gasteiger charge is -2.41. The normalized spacial score (nSPS) is 16.0. The van der Waals surface area contributed by atoms with Gasteiger partial charge in [-0.05, 0) is 24.1 Å². The summed E-state index contributed by atoms with van der Waals surface area (Å²) in [6.45, 7) is 6.67. The van der Waals surface area contributed by atoms with E-state index in [9.17, 15) is 5.11 Å². The van der Waals surface area contributed by atoms with Gasteiger partial charge in [-0.15, -0.1) is 0 Å². The predicted molar refractivity (Wildman–Crippen MR) is 132 cm³/mol. The van der Waals surface area contributed by atoms with Gasteiger partial charge in [0.25, 0.3) is 0 Å². The summed E-state index contributed by atoms with van der Waals surface area (Å²) in [5, 5.41) is 13.3. The van der Waals surface area contributed by atoms with E-state index in [0.29, 0.717) is 24.9 Å². The van der Waals surface area contributed by atoms with Crippen LogP contribution in [-0.4, -0.2) is 72.7 Å². The molecule has 0 aliphatic carbocycles. The molecule has 168 valence electrons. The lowest BCUT2D eigenvalue weighted by molar-refractivity contribution is -0.0651. The summed E-state index contributed by atoms with van der Waals surface area (Å²) in [6, 6.07) is 8.05. The van der Waals surface area contributed by atoms with Crippen molar-refractivity contribution in [1.29, 1.82) is 0 Å². The maximum absolute atomic E-state index is 9.92. The van der Waals surface area contributed by atoms with E-state index in [1.54, 1.807) is 19.5 Å². The van der Waals surface area contributed by atoms with Gasteiger partial charge in [0, 0.05) is 56.5 Å². The quantitative estimate of drug-likeness (QED) is 0.465. The fourth-order valence-corrected chi connectivity index (χ4v) is 3.43. The zero-order valence-electron chi connectivity index (χ0n) is 19.2. The first-order valence-corrected chi connectivity index (χ1v) is 10.5. The Balaban J connectivity index is 2.07. The molecule has 0 saturated carbocycles. The largest absolute Gasteiger partial charge is 0.394 e. The van der Waals surface area contributed by atoms with Crippen LogP contribution in [0.25, 0.3) is 22.5 Å². The van der Waals surface area contributed by atoms with Crippen molar-refractivity contribution in [3.63, 3.8) is 0 Å². The Morgan fingerprint density at radius 3 is 2.69 bits per heavy atom. The molecule has 0 bridgehead atoms. The van der Waals surface area contributed by atoms with Crippen molar-refractivity contribution < 1.29 is 9.84 Å². The van der Waals surface area contributed by atoms with Crippen molar-refractivity contribution in [2.75, 3.05) is 46.3 Å². The van der Waals surface area contributed by atoms with Crippen molar-refractivity contribution >= 4 is 23.2 Å². The fourth-order valence-electron chi connectivity index (χ4n) is 3.43. The van der Waals surface area contributed by atoms with Crippen molar-refractivity contribution in [3.05, 3.63) is 66.5 Å². The monoisotopic (exact) mass is 433 g/mol. The Hall–Kier alpha value is -3.29. The summed E-state index contributed by atoms with van der Waals surface area (Å²) in [6.07, 6.45) is 9.38. The average molecular weight is 434 g/mol. The number of nitrogens with one attached hydrogen (secondary N) is 1. The van der Waals surface area contributed by atoms with Crippen LogP contribution in [0.1, 0.15) is 18.1 Å². The molecular formula is C25H31N5O2. The van der Waals surface area contributed by atoms with E-state index in [4.69, 9.17) is 9.72 Å². The Morgan fingerprint density at radius 2 is 2.12 bits per heavy atom. The maximum Gasteiger partial charge on any atom is 0.161 e. The zero-order valence-corrected chi connectivity index (χ0v) is 19.2. The third-order valence-corrected chi connectivity index (χ3v) is 5.19. The van der Waals surface area contributed by atoms with Gasteiger partial charge in [0.1, 0.15) is 11.4 Å². The van der Waals surface area contributed by atoms with Gasteiger partial charge >= 0.3 is 0 Å². The van der Waals surface area contributed by atoms with Crippen LogP contribution in [0.2, 0.25) is 0 Å². The first-order chi connectivity index (χ1) is 15.4. The molecule has 0 unspecified atom stereocenters. The Morgan fingerprint density at radius 1 is 1.34 bits per heavy atom. The molecule has 1 aromatic heterocycles. The van der Waals surface area contributed by atoms with Gasteiger partial charge in [0.05, 0.1) is 19.8 Å². The highest BCUT2D eigenvalue weighted by Crippen LogP contribution is 2.30. The van der Waals surface area contributed by atoms with Gasteiger partial charge in [0.2, 0.25) is 0 Å². The number of allylic oxidation sites excluding steroid dienone is 4. The maximum atomic E-state index is 9.92. The highest BCUT2D eigenvalue weighted by atomic mass is 16.5. The van der Waals surface area contributed by atoms with Gasteiger partial charge in [-0.3, -0.25) is 4.99 Å². The van der Waals surface area contributed by atoms with Crippen LogP contribution in [0.4, 0.5) is 5.82 Å². The summed E-state index contributed by atoms with van der Waals surface area (Å²) in [5.74, 6) is 1.22. The Labute approximate surface area is 189 Å². The van der Waals surface area contributed by atoms with Crippen LogP contribution in [0, 0.1) is 0 Å². The predicted octanol–water partition coefficient (Wildman–Crippen LogP) is 3.51. The van der Waals surface area contributed by atoms with Crippen LogP contribution < -0.4 is 5.32 Å². The molecule has 0 spiro atoms. The second-order valence-corrected chi connectivity index (χ2v) is 7.98. The highest BCUT2D eigenvalue weighted by molar-refractivity contribution is 6.11. The van der Waals surface area contributed by atoms with Crippen LogP contribution >= 0.6 is 0 Å².